The van der Waals surface area contributed by atoms with Gasteiger partial charge in [0.2, 0.25) is 15.7 Å². The lowest BCUT2D eigenvalue weighted by molar-refractivity contribution is -0.117. The molecule has 2 aromatic heterocycles. The van der Waals surface area contributed by atoms with Gasteiger partial charge >= 0.3 is 5.76 Å². The number of hydrogen-bond donors (Lipinski definition) is 3. The molecule has 1 aliphatic rings. The highest BCUT2D eigenvalue weighted by Gasteiger charge is 2.32. The minimum Gasteiger partial charge on any atom is -0.354 e. The summed E-state index contributed by atoms with van der Waals surface area (Å²) in [6, 6.07) is 1.99. The number of rotatable bonds is 7. The first kappa shape index (κ1) is 16.7. The van der Waals surface area contributed by atoms with Crippen molar-refractivity contribution in [2.75, 3.05) is 17.6 Å². The van der Waals surface area contributed by atoms with Gasteiger partial charge in [-0.05, 0) is 25.0 Å². The van der Waals surface area contributed by atoms with Crippen molar-refractivity contribution < 1.29 is 30.9 Å². The lowest BCUT2D eigenvalue weighted by Crippen LogP contribution is -2.23. The second-order valence-electron chi connectivity index (χ2n) is 5.98. The summed E-state index contributed by atoms with van der Waals surface area (Å²) in [7, 11) is -5.10. The molecule has 0 saturated heterocycles. The summed E-state index contributed by atoms with van der Waals surface area (Å²) >= 11 is 0. The quantitative estimate of drug-likeness (QED) is 0.598. The van der Waals surface area contributed by atoms with Crippen molar-refractivity contribution in [3.63, 3.8) is 0 Å². The standard InChI is InChI=1S/C16H16F2N6O4S/c1-19-15(26)12-11(9(7-21-24-12)22-14(25)8-4-5-8)23-13-10(3-2-6-20-13)29(27,28)16(17)18/h2-3,6-8,16H,4-5H2,1H3,(H,19,26)(H,20,21,23)(H,22,24,25)/i1D3. The van der Waals surface area contributed by atoms with Crippen LogP contribution < -0.4 is 16.0 Å². The first-order chi connectivity index (χ1) is 14.9. The zero-order valence-corrected chi connectivity index (χ0v) is 15.3. The molecule has 13 heteroatoms. The molecule has 0 bridgehead atoms. The number of halogens is 2. The number of carbonyl (C=O) groups is 2. The molecule has 2 heterocycles. The largest absolute Gasteiger partial charge is 0.354 e. The summed E-state index contributed by atoms with van der Waals surface area (Å²) in [5, 5.41) is 13.7. The van der Waals surface area contributed by atoms with Crippen LogP contribution in [0.5, 0.6) is 0 Å². The van der Waals surface area contributed by atoms with Gasteiger partial charge in [-0.2, -0.15) is 13.9 Å². The Morgan fingerprint density at radius 3 is 2.76 bits per heavy atom. The Hall–Kier alpha value is -3.22. The molecule has 0 spiro atoms. The molecule has 1 aliphatic carbocycles. The fourth-order valence-electron chi connectivity index (χ4n) is 2.33. The smallest absolute Gasteiger partial charge is 0.341 e. The molecule has 1 saturated carbocycles. The van der Waals surface area contributed by atoms with Crippen LogP contribution in [0.3, 0.4) is 0 Å². The van der Waals surface area contributed by atoms with Crippen molar-refractivity contribution >= 4 is 38.8 Å². The fourth-order valence-corrected chi connectivity index (χ4v) is 3.17. The summed E-state index contributed by atoms with van der Waals surface area (Å²) in [6.45, 7) is -2.90. The van der Waals surface area contributed by atoms with Crippen LogP contribution in [-0.2, 0) is 14.6 Å². The minimum absolute atomic E-state index is 0.154. The van der Waals surface area contributed by atoms with Crippen molar-refractivity contribution in [1.29, 1.82) is 0 Å². The van der Waals surface area contributed by atoms with E-state index in [1.54, 1.807) is 5.32 Å². The van der Waals surface area contributed by atoms with Gasteiger partial charge in [0, 0.05) is 23.2 Å². The molecule has 2 amide bonds. The molecule has 0 aliphatic heterocycles. The third kappa shape index (κ3) is 4.29. The lowest BCUT2D eigenvalue weighted by atomic mass is 10.2. The van der Waals surface area contributed by atoms with E-state index >= 15 is 0 Å². The summed E-state index contributed by atoms with van der Waals surface area (Å²) in [5.74, 6) is -6.29. The number of amides is 2. The third-order valence-electron chi connectivity index (χ3n) is 3.94. The van der Waals surface area contributed by atoms with Crippen molar-refractivity contribution in [2.45, 2.75) is 23.5 Å². The van der Waals surface area contributed by atoms with E-state index in [9.17, 15) is 26.8 Å². The van der Waals surface area contributed by atoms with E-state index < -0.39 is 50.8 Å². The van der Waals surface area contributed by atoms with Crippen LogP contribution in [0.1, 0.15) is 27.4 Å². The molecule has 0 atom stereocenters. The first-order valence-corrected chi connectivity index (χ1v) is 9.68. The number of nitrogens with zero attached hydrogens (tertiary/aromatic N) is 3. The number of anilines is 3. The summed E-state index contributed by atoms with van der Waals surface area (Å²) in [5.41, 5.74) is -1.17. The van der Waals surface area contributed by atoms with Gasteiger partial charge in [-0.15, -0.1) is 5.10 Å². The molecular formula is C16H16F2N6O4S. The Bertz CT molecular complexity index is 1160. The highest BCUT2D eigenvalue weighted by molar-refractivity contribution is 7.91. The molecule has 29 heavy (non-hydrogen) atoms. The zero-order valence-electron chi connectivity index (χ0n) is 17.5. The summed E-state index contributed by atoms with van der Waals surface area (Å²) in [6.07, 6.45) is 3.40. The highest BCUT2D eigenvalue weighted by atomic mass is 32.2. The van der Waals surface area contributed by atoms with Crippen molar-refractivity contribution in [1.82, 2.24) is 20.5 Å². The maximum atomic E-state index is 13.1. The van der Waals surface area contributed by atoms with E-state index in [2.05, 4.69) is 25.8 Å². The number of pyridine rings is 1. The van der Waals surface area contributed by atoms with Crippen LogP contribution in [0.25, 0.3) is 0 Å². The normalized spacial score (nSPS) is 15.8. The van der Waals surface area contributed by atoms with E-state index in [1.165, 1.54) is 0 Å². The molecule has 0 radical (unpaired) electrons. The van der Waals surface area contributed by atoms with E-state index in [-0.39, 0.29) is 17.3 Å². The maximum absolute atomic E-state index is 13.1. The zero-order chi connectivity index (χ0) is 23.7. The molecule has 10 nitrogen and oxygen atoms in total. The van der Waals surface area contributed by atoms with Crippen LogP contribution in [0.15, 0.2) is 29.4 Å². The predicted molar refractivity (Wildman–Crippen MR) is 97.5 cm³/mol. The molecule has 154 valence electrons. The number of hydrogen-bond acceptors (Lipinski definition) is 8. The van der Waals surface area contributed by atoms with Crippen molar-refractivity contribution in [2.24, 2.45) is 5.92 Å². The maximum Gasteiger partial charge on any atom is 0.341 e. The Morgan fingerprint density at radius 1 is 1.34 bits per heavy atom. The lowest BCUT2D eigenvalue weighted by Gasteiger charge is -2.16. The minimum atomic E-state index is -5.10. The number of alkyl halides is 2. The topological polar surface area (TPSA) is 143 Å². The molecular weight excluding hydrogens is 410 g/mol. The molecule has 3 N–H and O–H groups in total. The van der Waals surface area contributed by atoms with Gasteiger partial charge in [-0.25, -0.2) is 13.4 Å². The van der Waals surface area contributed by atoms with Crippen LogP contribution in [0.4, 0.5) is 26.0 Å². The second kappa shape index (κ2) is 8.03. The van der Waals surface area contributed by atoms with Gasteiger partial charge < -0.3 is 16.0 Å². The second-order valence-corrected chi connectivity index (χ2v) is 7.87. The van der Waals surface area contributed by atoms with Gasteiger partial charge in [0.05, 0.1) is 17.6 Å². The van der Waals surface area contributed by atoms with E-state index in [4.69, 9.17) is 4.11 Å². The Balaban J connectivity index is 2.09. The van der Waals surface area contributed by atoms with E-state index in [1.807, 2.05) is 0 Å². The highest BCUT2D eigenvalue weighted by Crippen LogP contribution is 2.34. The van der Waals surface area contributed by atoms with Gasteiger partial charge in [0.1, 0.15) is 10.7 Å². The van der Waals surface area contributed by atoms with Gasteiger partial charge in [0.25, 0.3) is 5.91 Å². The van der Waals surface area contributed by atoms with Crippen LogP contribution in [0.2, 0.25) is 0 Å². The summed E-state index contributed by atoms with van der Waals surface area (Å²) < 4.78 is 71.8. The Labute approximate surface area is 168 Å². The Kier molecular flexibility index (Phi) is 4.63. The third-order valence-corrected chi connectivity index (χ3v) is 5.35. The Morgan fingerprint density at radius 2 is 2.10 bits per heavy atom. The number of aromatic nitrogens is 3. The number of sulfone groups is 1. The van der Waals surface area contributed by atoms with Crippen LogP contribution >= 0.6 is 0 Å². The van der Waals surface area contributed by atoms with E-state index in [0.29, 0.717) is 12.8 Å². The van der Waals surface area contributed by atoms with Crippen LogP contribution in [0, 0.1) is 5.92 Å². The van der Waals surface area contributed by atoms with Crippen LogP contribution in [-0.4, -0.2) is 48.1 Å². The predicted octanol–water partition coefficient (Wildman–Crippen LogP) is 1.32. The first-order valence-electron chi connectivity index (χ1n) is 9.63. The van der Waals surface area contributed by atoms with Gasteiger partial charge in [-0.1, -0.05) is 0 Å². The SMILES string of the molecule is [2H]C([2H])([2H])NC(=O)c1nncc(NC(=O)C2CC2)c1Nc1ncccc1S(=O)(=O)C(F)F. The van der Waals surface area contributed by atoms with Gasteiger partial charge in [-0.3, -0.25) is 9.59 Å². The fraction of sp³-hybridized carbons (Fsp3) is 0.312. The monoisotopic (exact) mass is 429 g/mol. The average molecular weight is 429 g/mol. The van der Waals surface area contributed by atoms with E-state index in [0.717, 1.165) is 24.5 Å². The molecule has 3 rings (SSSR count). The van der Waals surface area contributed by atoms with Crippen molar-refractivity contribution in [3.05, 3.63) is 30.2 Å². The molecule has 1 fully saturated rings. The summed E-state index contributed by atoms with van der Waals surface area (Å²) in [4.78, 5) is 27.5. The molecule has 0 aromatic carbocycles. The number of carbonyl (C=O) groups excluding carboxylic acids is 2. The molecule has 0 unspecified atom stereocenters. The van der Waals surface area contributed by atoms with Crippen molar-refractivity contribution in [3.8, 4) is 0 Å². The number of nitrogens with one attached hydrogen (secondary N) is 3. The average Bonchev–Trinajstić information content (AvgIpc) is 3.53. The van der Waals surface area contributed by atoms with Gasteiger partial charge in [0.15, 0.2) is 5.69 Å². The molecule has 2 aromatic rings.